The SMILES string of the molecule is [2H]C([2H])([2H])C([2H])([2H])C1=CCC(C2=NC3(CCN(S(=O)(=O)/C=C/c4c(C)cc(N(C)C(N)=O)cc4C)CC3)C(=O)N2)CC1. The Hall–Kier alpha value is -2.98. The second kappa shape index (κ2) is 10.4. The molecular formula is C27H37N5O4S. The number of anilines is 1. The number of urea groups is 1. The third-order valence-corrected chi connectivity index (χ3v) is 9.13. The summed E-state index contributed by atoms with van der Waals surface area (Å²) in [7, 11) is -2.23. The number of amidine groups is 1. The molecule has 2 heterocycles. The van der Waals surface area contributed by atoms with Gasteiger partial charge in [0.2, 0.25) is 10.0 Å². The van der Waals surface area contributed by atoms with Gasteiger partial charge < -0.3 is 11.1 Å². The van der Waals surface area contributed by atoms with Crippen LogP contribution in [-0.4, -0.2) is 56.2 Å². The van der Waals surface area contributed by atoms with Gasteiger partial charge in [-0.2, -0.15) is 4.31 Å². The molecule has 1 saturated heterocycles. The number of carbonyl (C=O) groups is 2. The van der Waals surface area contributed by atoms with Crippen LogP contribution in [0.1, 0.15) is 68.9 Å². The molecule has 3 aliphatic rings. The summed E-state index contributed by atoms with van der Waals surface area (Å²) in [5.74, 6) is 0.0529. The number of hydrogen-bond donors (Lipinski definition) is 2. The van der Waals surface area contributed by atoms with Crippen molar-refractivity contribution in [1.29, 1.82) is 0 Å². The largest absolute Gasteiger partial charge is 0.351 e. The average molecular weight is 533 g/mol. The van der Waals surface area contributed by atoms with Crippen molar-refractivity contribution < 1.29 is 24.9 Å². The average Bonchev–Trinajstić information content (AvgIpc) is 3.22. The van der Waals surface area contributed by atoms with E-state index < -0.39 is 34.8 Å². The first kappa shape index (κ1) is 21.0. The van der Waals surface area contributed by atoms with Crippen LogP contribution in [0.3, 0.4) is 0 Å². The zero-order valence-electron chi connectivity index (χ0n) is 26.4. The lowest BCUT2D eigenvalue weighted by Crippen LogP contribution is -2.50. The van der Waals surface area contributed by atoms with Crippen LogP contribution in [-0.2, 0) is 14.8 Å². The molecule has 2 aliphatic heterocycles. The van der Waals surface area contributed by atoms with Crippen molar-refractivity contribution in [2.75, 3.05) is 25.0 Å². The molecule has 0 saturated carbocycles. The van der Waals surface area contributed by atoms with Crippen LogP contribution >= 0.6 is 0 Å². The smallest absolute Gasteiger partial charge is 0.318 e. The first-order valence-electron chi connectivity index (χ1n) is 14.8. The summed E-state index contributed by atoms with van der Waals surface area (Å²) in [6.45, 7) is 1.12. The zero-order valence-corrected chi connectivity index (χ0v) is 22.2. The van der Waals surface area contributed by atoms with E-state index in [4.69, 9.17) is 17.6 Å². The zero-order chi connectivity index (χ0) is 31.3. The van der Waals surface area contributed by atoms with Crippen LogP contribution < -0.4 is 16.0 Å². The van der Waals surface area contributed by atoms with Crippen LogP contribution in [0.2, 0.25) is 0 Å². The molecule has 1 aliphatic carbocycles. The number of piperidine rings is 1. The normalized spacial score (nSPS) is 24.9. The van der Waals surface area contributed by atoms with Gasteiger partial charge in [0, 0.05) is 44.0 Å². The summed E-state index contributed by atoms with van der Waals surface area (Å²) in [4.78, 5) is 30.6. The van der Waals surface area contributed by atoms with Gasteiger partial charge >= 0.3 is 6.03 Å². The minimum atomic E-state index is -3.79. The molecule has 4 rings (SSSR count). The molecule has 3 N–H and O–H groups in total. The summed E-state index contributed by atoms with van der Waals surface area (Å²) in [6.07, 6.45) is 2.25. The first-order chi connectivity index (χ1) is 19.4. The number of aliphatic imine (C=N–C) groups is 1. The first-order valence-corrected chi connectivity index (χ1v) is 13.8. The molecule has 9 nitrogen and oxygen atoms in total. The van der Waals surface area contributed by atoms with E-state index in [2.05, 4.69) is 5.32 Å². The molecule has 0 bridgehead atoms. The van der Waals surface area contributed by atoms with Crippen LogP contribution in [0.15, 0.2) is 34.2 Å². The summed E-state index contributed by atoms with van der Waals surface area (Å²) >= 11 is 0. The van der Waals surface area contributed by atoms with E-state index in [9.17, 15) is 18.0 Å². The molecule has 1 unspecified atom stereocenters. The Morgan fingerprint density at radius 1 is 1.35 bits per heavy atom. The maximum atomic E-state index is 13.2. The lowest BCUT2D eigenvalue weighted by atomic mass is 9.87. The highest BCUT2D eigenvalue weighted by atomic mass is 32.2. The number of sulfonamides is 1. The van der Waals surface area contributed by atoms with Gasteiger partial charge in [-0.25, -0.2) is 13.2 Å². The van der Waals surface area contributed by atoms with Crippen molar-refractivity contribution in [1.82, 2.24) is 9.62 Å². The number of hydrogen-bond acceptors (Lipinski definition) is 5. The van der Waals surface area contributed by atoms with E-state index in [0.717, 1.165) is 22.1 Å². The second-order valence-electron chi connectivity index (χ2n) is 9.95. The van der Waals surface area contributed by atoms with E-state index in [1.807, 2.05) is 13.8 Å². The number of aryl methyl sites for hydroxylation is 2. The van der Waals surface area contributed by atoms with Crippen molar-refractivity contribution in [2.24, 2.45) is 16.6 Å². The third-order valence-electron chi connectivity index (χ3n) is 7.57. The number of nitrogens with zero attached hydrogens (tertiary/aromatic N) is 3. The predicted octanol–water partition coefficient (Wildman–Crippen LogP) is 3.62. The molecular weight excluding hydrogens is 490 g/mol. The van der Waals surface area contributed by atoms with Crippen LogP contribution in [0.25, 0.3) is 6.08 Å². The van der Waals surface area contributed by atoms with E-state index in [1.165, 1.54) is 15.3 Å². The lowest BCUT2D eigenvalue weighted by Gasteiger charge is -2.34. The summed E-state index contributed by atoms with van der Waals surface area (Å²) < 4.78 is 66.2. The minimum Gasteiger partial charge on any atom is -0.351 e. The second-order valence-corrected chi connectivity index (χ2v) is 11.8. The van der Waals surface area contributed by atoms with Crippen molar-refractivity contribution in [3.05, 3.63) is 45.9 Å². The standard InChI is InChI=1S/C27H37N5O4S/c1-5-20-6-8-21(9-7-20)24-29-25(33)27(30-24)11-13-32(14-12-27)37(35,36)15-10-23-18(2)16-22(17-19(23)3)31(4)26(28)34/h6,10,15-17,21H,5,7-9,11-14H2,1-4H3,(H2,28,34)(H,29,30,33)/b15-10+/i1D3,5D2. The van der Waals surface area contributed by atoms with E-state index >= 15 is 0 Å². The Labute approximate surface area is 226 Å². The van der Waals surface area contributed by atoms with Crippen molar-refractivity contribution in [3.63, 3.8) is 0 Å². The summed E-state index contributed by atoms with van der Waals surface area (Å²) in [5.41, 5.74) is 7.43. The molecule has 10 heteroatoms. The molecule has 3 amide bonds. The fraction of sp³-hybridized carbons (Fsp3) is 0.519. The Morgan fingerprint density at radius 2 is 2.03 bits per heavy atom. The van der Waals surface area contributed by atoms with Gasteiger partial charge in [-0.05, 0) is 87.2 Å². The molecule has 1 fully saturated rings. The minimum absolute atomic E-state index is 0.116. The molecule has 37 heavy (non-hydrogen) atoms. The van der Waals surface area contributed by atoms with Gasteiger partial charge in [-0.15, -0.1) is 0 Å². The highest BCUT2D eigenvalue weighted by Gasteiger charge is 2.48. The predicted molar refractivity (Wildman–Crippen MR) is 147 cm³/mol. The Kier molecular flexibility index (Phi) is 5.91. The van der Waals surface area contributed by atoms with Gasteiger partial charge in [-0.1, -0.05) is 18.5 Å². The summed E-state index contributed by atoms with van der Waals surface area (Å²) in [6, 6.07) is 2.92. The number of amides is 3. The van der Waals surface area contributed by atoms with E-state index in [-0.39, 0.29) is 49.8 Å². The maximum Gasteiger partial charge on any atom is 0.318 e. The molecule has 0 radical (unpaired) electrons. The van der Waals surface area contributed by atoms with Gasteiger partial charge in [0.05, 0.1) is 0 Å². The quantitative estimate of drug-likeness (QED) is 0.543. The summed E-state index contributed by atoms with van der Waals surface area (Å²) in [5, 5.41) is 4.02. The van der Waals surface area contributed by atoms with Gasteiger partial charge in [0.1, 0.15) is 11.4 Å². The maximum absolute atomic E-state index is 13.2. The van der Waals surface area contributed by atoms with Crippen molar-refractivity contribution in [2.45, 2.75) is 64.7 Å². The van der Waals surface area contributed by atoms with Crippen LogP contribution in [0.5, 0.6) is 0 Å². The Bertz CT molecular complexity index is 1450. The molecule has 1 aromatic rings. The van der Waals surface area contributed by atoms with Crippen LogP contribution in [0, 0.1) is 19.8 Å². The monoisotopic (exact) mass is 532 g/mol. The van der Waals surface area contributed by atoms with Crippen molar-refractivity contribution in [3.8, 4) is 0 Å². The number of benzene rings is 1. The number of rotatable bonds is 6. The number of primary amides is 1. The van der Waals surface area contributed by atoms with E-state index in [0.29, 0.717) is 24.4 Å². The van der Waals surface area contributed by atoms with E-state index in [1.54, 1.807) is 25.3 Å². The molecule has 1 atom stereocenters. The molecule has 1 aromatic carbocycles. The molecule has 1 spiro atoms. The number of carbonyl (C=O) groups excluding carboxylic acids is 2. The van der Waals surface area contributed by atoms with Gasteiger partial charge in [0.15, 0.2) is 0 Å². The topological polar surface area (TPSA) is 125 Å². The Balaban J connectivity index is 1.43. The highest BCUT2D eigenvalue weighted by molar-refractivity contribution is 7.92. The van der Waals surface area contributed by atoms with Crippen LogP contribution in [0.4, 0.5) is 10.5 Å². The van der Waals surface area contributed by atoms with Gasteiger partial charge in [0.25, 0.3) is 5.91 Å². The third kappa shape index (κ3) is 5.50. The number of nitrogens with one attached hydrogen (secondary N) is 1. The fourth-order valence-corrected chi connectivity index (χ4v) is 6.33. The number of allylic oxidation sites excluding steroid dienone is 2. The molecule has 200 valence electrons. The Morgan fingerprint density at radius 3 is 2.59 bits per heavy atom. The van der Waals surface area contributed by atoms with Gasteiger partial charge in [-0.3, -0.25) is 14.7 Å². The van der Waals surface area contributed by atoms with Crippen molar-refractivity contribution >= 4 is 39.6 Å². The number of nitrogens with two attached hydrogens (primary N) is 1. The fourth-order valence-electron chi connectivity index (χ4n) is 5.16. The lowest BCUT2D eigenvalue weighted by molar-refractivity contribution is -0.124. The molecule has 0 aromatic heterocycles. The highest BCUT2D eigenvalue weighted by Crippen LogP contribution is 2.35.